The Morgan fingerprint density at radius 2 is 2.06 bits per heavy atom. The van der Waals surface area contributed by atoms with Crippen LogP contribution in [-0.2, 0) is 0 Å². The van der Waals surface area contributed by atoms with Crippen LogP contribution in [0.5, 0.6) is 0 Å². The van der Waals surface area contributed by atoms with Crippen LogP contribution in [0.3, 0.4) is 0 Å². The molecule has 2 heteroatoms. The van der Waals surface area contributed by atoms with Crippen LogP contribution in [0.15, 0.2) is 36.7 Å². The van der Waals surface area contributed by atoms with E-state index < -0.39 is 0 Å². The van der Waals surface area contributed by atoms with Crippen LogP contribution >= 0.6 is 0 Å². The minimum atomic E-state index is 0.561. The van der Waals surface area contributed by atoms with Crippen molar-refractivity contribution in [2.75, 3.05) is 5.32 Å². The second kappa shape index (κ2) is 4.97. The van der Waals surface area contributed by atoms with Gasteiger partial charge in [-0.05, 0) is 37.8 Å². The van der Waals surface area contributed by atoms with Crippen LogP contribution in [0.25, 0.3) is 10.8 Å². The third kappa shape index (κ3) is 2.20. The predicted molar refractivity (Wildman–Crippen MR) is 76.8 cm³/mol. The third-order valence-electron chi connectivity index (χ3n) is 4.17. The van der Waals surface area contributed by atoms with E-state index in [4.69, 9.17) is 0 Å². The summed E-state index contributed by atoms with van der Waals surface area (Å²) in [6.07, 6.45) is 9.35. The number of nitrogens with one attached hydrogen (secondary N) is 1. The summed E-state index contributed by atoms with van der Waals surface area (Å²) < 4.78 is 0. The molecule has 1 N–H and O–H groups in total. The summed E-state index contributed by atoms with van der Waals surface area (Å²) in [6, 6.07) is 9.06. The molecule has 18 heavy (non-hydrogen) atoms. The number of hydrogen-bond acceptors (Lipinski definition) is 2. The molecule has 0 aliphatic heterocycles. The molecular formula is C16H20N2. The van der Waals surface area contributed by atoms with Crippen molar-refractivity contribution in [3.05, 3.63) is 36.7 Å². The number of benzene rings is 1. The van der Waals surface area contributed by atoms with E-state index in [0.29, 0.717) is 6.04 Å². The van der Waals surface area contributed by atoms with Crippen molar-refractivity contribution in [1.29, 1.82) is 0 Å². The van der Waals surface area contributed by atoms with Gasteiger partial charge in [0, 0.05) is 34.9 Å². The van der Waals surface area contributed by atoms with Crippen molar-refractivity contribution >= 4 is 16.5 Å². The zero-order valence-electron chi connectivity index (χ0n) is 10.9. The molecule has 0 amide bonds. The second-order valence-corrected chi connectivity index (χ2v) is 5.38. The highest BCUT2D eigenvalue weighted by molar-refractivity contribution is 5.93. The van der Waals surface area contributed by atoms with Crippen LogP contribution in [0.1, 0.15) is 32.6 Å². The molecule has 0 bridgehead atoms. The zero-order valence-corrected chi connectivity index (χ0v) is 10.9. The van der Waals surface area contributed by atoms with E-state index in [0.717, 1.165) is 5.92 Å². The number of aromatic nitrogens is 1. The quantitative estimate of drug-likeness (QED) is 0.868. The highest BCUT2D eigenvalue weighted by Crippen LogP contribution is 2.30. The molecule has 1 atom stereocenters. The fraction of sp³-hybridized carbons (Fsp3) is 0.438. The van der Waals surface area contributed by atoms with Gasteiger partial charge in [0.25, 0.3) is 0 Å². The molecule has 1 saturated carbocycles. The van der Waals surface area contributed by atoms with Crippen molar-refractivity contribution in [2.45, 2.75) is 38.6 Å². The van der Waals surface area contributed by atoms with Gasteiger partial charge in [0.15, 0.2) is 0 Å². The van der Waals surface area contributed by atoms with E-state index in [1.165, 1.54) is 42.1 Å². The average Bonchev–Trinajstić information content (AvgIpc) is 2.93. The van der Waals surface area contributed by atoms with E-state index in [2.05, 4.69) is 41.5 Å². The van der Waals surface area contributed by atoms with Gasteiger partial charge in [-0.1, -0.05) is 25.0 Å². The lowest BCUT2D eigenvalue weighted by Gasteiger charge is -2.22. The van der Waals surface area contributed by atoms with E-state index in [-0.39, 0.29) is 0 Å². The number of anilines is 1. The molecule has 0 saturated heterocycles. The molecule has 1 aliphatic carbocycles. The first-order valence-electron chi connectivity index (χ1n) is 6.94. The van der Waals surface area contributed by atoms with Gasteiger partial charge in [-0.25, -0.2) is 0 Å². The minimum absolute atomic E-state index is 0.561. The summed E-state index contributed by atoms with van der Waals surface area (Å²) in [6.45, 7) is 2.32. The fourth-order valence-electron chi connectivity index (χ4n) is 3.07. The first kappa shape index (κ1) is 11.5. The Labute approximate surface area is 108 Å². The lowest BCUT2D eigenvalue weighted by atomic mass is 9.99. The molecule has 1 aromatic heterocycles. The van der Waals surface area contributed by atoms with Gasteiger partial charge in [-0.2, -0.15) is 0 Å². The third-order valence-corrected chi connectivity index (χ3v) is 4.17. The average molecular weight is 240 g/mol. The van der Waals surface area contributed by atoms with Crippen molar-refractivity contribution in [3.63, 3.8) is 0 Å². The summed E-state index contributed by atoms with van der Waals surface area (Å²) in [7, 11) is 0. The largest absolute Gasteiger partial charge is 0.382 e. The molecule has 2 nitrogen and oxygen atoms in total. The number of pyridine rings is 1. The molecule has 1 aliphatic rings. The predicted octanol–water partition coefficient (Wildman–Crippen LogP) is 4.23. The summed E-state index contributed by atoms with van der Waals surface area (Å²) >= 11 is 0. The molecule has 3 rings (SSSR count). The van der Waals surface area contributed by atoms with Gasteiger partial charge in [0.1, 0.15) is 0 Å². The monoisotopic (exact) mass is 240 g/mol. The molecule has 0 radical (unpaired) electrons. The molecule has 94 valence electrons. The van der Waals surface area contributed by atoms with E-state index >= 15 is 0 Å². The van der Waals surface area contributed by atoms with Crippen LogP contribution in [0.4, 0.5) is 5.69 Å². The van der Waals surface area contributed by atoms with Crippen LogP contribution in [0.2, 0.25) is 0 Å². The lowest BCUT2D eigenvalue weighted by molar-refractivity contribution is 0.482. The molecule has 1 aromatic carbocycles. The van der Waals surface area contributed by atoms with Crippen molar-refractivity contribution in [3.8, 4) is 0 Å². The SMILES string of the molecule is CC(Nc1cccc2cnccc12)C1CCCC1. The van der Waals surface area contributed by atoms with Crippen LogP contribution in [0, 0.1) is 5.92 Å². The Kier molecular flexibility index (Phi) is 3.18. The lowest BCUT2D eigenvalue weighted by Crippen LogP contribution is -2.23. The zero-order chi connectivity index (χ0) is 12.4. The Hall–Kier alpha value is -1.57. The molecular weight excluding hydrogens is 220 g/mol. The van der Waals surface area contributed by atoms with Gasteiger partial charge in [0.05, 0.1) is 0 Å². The maximum absolute atomic E-state index is 4.18. The first-order valence-corrected chi connectivity index (χ1v) is 6.94. The van der Waals surface area contributed by atoms with Crippen molar-refractivity contribution in [2.24, 2.45) is 5.92 Å². The second-order valence-electron chi connectivity index (χ2n) is 5.38. The van der Waals surface area contributed by atoms with Gasteiger partial charge in [-0.3, -0.25) is 4.98 Å². The number of hydrogen-bond donors (Lipinski definition) is 1. The molecule has 2 aromatic rings. The smallest absolute Gasteiger partial charge is 0.0423 e. The van der Waals surface area contributed by atoms with Crippen molar-refractivity contribution < 1.29 is 0 Å². The molecule has 1 unspecified atom stereocenters. The summed E-state index contributed by atoms with van der Waals surface area (Å²) in [5.41, 5.74) is 1.24. The maximum Gasteiger partial charge on any atom is 0.0423 e. The highest BCUT2D eigenvalue weighted by Gasteiger charge is 2.21. The maximum atomic E-state index is 4.18. The Bertz CT molecular complexity index is 524. The first-order chi connectivity index (χ1) is 8.84. The van der Waals surface area contributed by atoms with Gasteiger partial charge in [0.2, 0.25) is 0 Å². The van der Waals surface area contributed by atoms with Crippen molar-refractivity contribution in [1.82, 2.24) is 4.98 Å². The number of fused-ring (bicyclic) bond motifs is 1. The van der Waals surface area contributed by atoms with Crippen LogP contribution in [-0.4, -0.2) is 11.0 Å². The van der Waals surface area contributed by atoms with Crippen LogP contribution < -0.4 is 5.32 Å². The van der Waals surface area contributed by atoms with E-state index in [1.807, 2.05) is 12.4 Å². The van der Waals surface area contributed by atoms with E-state index in [1.54, 1.807) is 0 Å². The Morgan fingerprint density at radius 3 is 2.89 bits per heavy atom. The number of rotatable bonds is 3. The van der Waals surface area contributed by atoms with Gasteiger partial charge in [-0.15, -0.1) is 0 Å². The number of nitrogens with zero attached hydrogens (tertiary/aromatic N) is 1. The molecule has 1 heterocycles. The topological polar surface area (TPSA) is 24.9 Å². The molecule has 1 fully saturated rings. The highest BCUT2D eigenvalue weighted by atomic mass is 14.9. The Balaban J connectivity index is 1.85. The normalized spacial score (nSPS) is 18.1. The van der Waals surface area contributed by atoms with Gasteiger partial charge < -0.3 is 5.32 Å². The van der Waals surface area contributed by atoms with Gasteiger partial charge >= 0.3 is 0 Å². The van der Waals surface area contributed by atoms with E-state index in [9.17, 15) is 0 Å². The standard InChI is InChI=1S/C16H20N2/c1-12(13-5-2-3-6-13)18-16-8-4-7-14-11-17-10-9-15(14)16/h4,7-13,18H,2-3,5-6H2,1H3. The Morgan fingerprint density at radius 1 is 1.22 bits per heavy atom. The summed E-state index contributed by atoms with van der Waals surface area (Å²) in [4.78, 5) is 4.18. The summed E-state index contributed by atoms with van der Waals surface area (Å²) in [5.74, 6) is 0.835. The fourth-order valence-corrected chi connectivity index (χ4v) is 3.07. The summed E-state index contributed by atoms with van der Waals surface area (Å²) in [5, 5.41) is 6.18. The molecule has 0 spiro atoms. The minimum Gasteiger partial charge on any atom is -0.382 e.